The lowest BCUT2D eigenvalue weighted by atomic mass is 10.1. The van der Waals surface area contributed by atoms with Crippen molar-refractivity contribution in [3.8, 4) is 11.3 Å². The molecule has 1 N–H and O–H groups in total. The number of benzene rings is 3. The van der Waals surface area contributed by atoms with E-state index in [1.165, 1.54) is 39.4 Å². The third kappa shape index (κ3) is 8.94. The molecule has 0 bridgehead atoms. The molecular weight excluding hydrogens is 673 g/mol. The van der Waals surface area contributed by atoms with Crippen LogP contribution in [0.4, 0.5) is 13.6 Å². The molecule has 3 aromatic heterocycles. The molecule has 0 spiro atoms. The molecule has 6 aromatic rings. The smallest absolute Gasteiger partial charge is 0.425 e. The van der Waals surface area contributed by atoms with Crippen LogP contribution in [0.1, 0.15) is 55.7 Å². The summed E-state index contributed by atoms with van der Waals surface area (Å²) in [7, 11) is 0. The summed E-state index contributed by atoms with van der Waals surface area (Å²) in [4.78, 5) is 37.9. The minimum Gasteiger partial charge on any atom is -0.425 e. The molecular formula is C39H38F2N5O4S+. The van der Waals surface area contributed by atoms with Gasteiger partial charge in [0.2, 0.25) is 0 Å². The first-order valence-corrected chi connectivity index (χ1v) is 17.5. The van der Waals surface area contributed by atoms with E-state index in [-0.39, 0.29) is 25.1 Å². The maximum atomic E-state index is 15.1. The second-order valence-electron chi connectivity index (χ2n) is 13.1. The Bertz CT molecular complexity index is 2230. The van der Waals surface area contributed by atoms with E-state index in [2.05, 4.69) is 9.97 Å². The number of hydrogen-bond acceptors (Lipinski definition) is 7. The summed E-state index contributed by atoms with van der Waals surface area (Å²) in [5.41, 5.74) is 3.63. The summed E-state index contributed by atoms with van der Waals surface area (Å²) in [6.45, 7) is 7.44. The predicted molar refractivity (Wildman–Crippen MR) is 191 cm³/mol. The van der Waals surface area contributed by atoms with E-state index >= 15 is 4.39 Å². The second-order valence-corrected chi connectivity index (χ2v) is 14.2. The molecule has 51 heavy (non-hydrogen) atoms. The molecule has 1 unspecified atom stereocenters. The van der Waals surface area contributed by atoms with Gasteiger partial charge in [0.05, 0.1) is 24.9 Å². The normalized spacial score (nSPS) is 12.3. The number of nitrogens with one attached hydrogen (secondary N) is 1. The molecule has 3 heterocycles. The van der Waals surface area contributed by atoms with Crippen LogP contribution in [0.15, 0.2) is 107 Å². The first-order valence-electron chi connectivity index (χ1n) is 16.5. The number of carbonyl (C=O) groups is 1. The Hall–Kier alpha value is -5.20. The molecule has 262 valence electrons. The Balaban J connectivity index is 1.18. The Labute approximate surface area is 298 Å². The number of H-pyrrole nitrogens is 1. The highest BCUT2D eigenvalue weighted by molar-refractivity contribution is 7.99. The number of thioether (sulfide) groups is 1. The molecule has 0 fully saturated rings. The molecule has 3 aromatic carbocycles. The molecule has 0 amide bonds. The van der Waals surface area contributed by atoms with Gasteiger partial charge in [0.15, 0.2) is 22.0 Å². The maximum absolute atomic E-state index is 15.1. The van der Waals surface area contributed by atoms with E-state index in [1.807, 2.05) is 37.3 Å². The Kier molecular flexibility index (Phi) is 10.7. The monoisotopic (exact) mass is 710 g/mol. The first-order chi connectivity index (χ1) is 24.4. The van der Waals surface area contributed by atoms with Crippen LogP contribution >= 0.6 is 11.8 Å². The fourth-order valence-corrected chi connectivity index (χ4v) is 6.44. The minimum absolute atomic E-state index is 0.0877. The van der Waals surface area contributed by atoms with Crippen molar-refractivity contribution in [2.75, 3.05) is 5.75 Å². The van der Waals surface area contributed by atoms with E-state index in [0.29, 0.717) is 50.9 Å². The Morgan fingerprint density at radius 3 is 2.49 bits per heavy atom. The number of aromatic nitrogens is 5. The lowest BCUT2D eigenvalue weighted by Gasteiger charge is -2.18. The fourth-order valence-electron chi connectivity index (χ4n) is 5.56. The summed E-state index contributed by atoms with van der Waals surface area (Å²) in [6.07, 6.45) is 2.91. The van der Waals surface area contributed by atoms with Crippen molar-refractivity contribution < 1.29 is 28.0 Å². The van der Waals surface area contributed by atoms with Gasteiger partial charge >= 0.3 is 6.09 Å². The summed E-state index contributed by atoms with van der Waals surface area (Å²) < 4.78 is 43.7. The van der Waals surface area contributed by atoms with Crippen molar-refractivity contribution in [3.63, 3.8) is 0 Å². The van der Waals surface area contributed by atoms with Crippen molar-refractivity contribution in [3.05, 3.63) is 142 Å². The van der Waals surface area contributed by atoms with Crippen LogP contribution in [-0.4, -0.2) is 36.5 Å². The van der Waals surface area contributed by atoms with E-state index in [4.69, 9.17) is 14.5 Å². The zero-order valence-electron chi connectivity index (χ0n) is 28.7. The van der Waals surface area contributed by atoms with Crippen LogP contribution in [0.5, 0.6) is 0 Å². The Morgan fingerprint density at radius 1 is 0.961 bits per heavy atom. The number of aryl methyl sites for hydroxylation is 1. The maximum Gasteiger partial charge on any atom is 0.512 e. The SMILES string of the molecule is Cc1cc(-c2cc(F)c(=O)n(Cc3ccc4c(c3)[nH+]cn4C(=O)OC(C)(C)C)c2)nc(SCCC(OCc2ccccc2F)c2ccccc2)n1. The molecule has 0 aliphatic carbocycles. The van der Waals surface area contributed by atoms with Crippen LogP contribution < -0.4 is 10.5 Å². The predicted octanol–water partition coefficient (Wildman–Crippen LogP) is 7.93. The van der Waals surface area contributed by atoms with E-state index in [9.17, 15) is 14.0 Å². The highest BCUT2D eigenvalue weighted by atomic mass is 32.2. The third-order valence-electron chi connectivity index (χ3n) is 7.96. The number of aromatic amines is 1. The highest BCUT2D eigenvalue weighted by Gasteiger charge is 2.25. The van der Waals surface area contributed by atoms with Gasteiger partial charge in [-0.2, -0.15) is 4.79 Å². The number of imidazole rings is 1. The lowest BCUT2D eigenvalue weighted by Crippen LogP contribution is -2.27. The van der Waals surface area contributed by atoms with Crippen molar-refractivity contribution in [2.45, 2.75) is 64.1 Å². The van der Waals surface area contributed by atoms with Gasteiger partial charge in [-0.25, -0.2) is 23.7 Å². The van der Waals surface area contributed by atoms with Gasteiger partial charge in [0, 0.05) is 28.8 Å². The average molecular weight is 711 g/mol. The quantitative estimate of drug-likeness (QED) is 0.0994. The number of ether oxygens (including phenoxy) is 2. The van der Waals surface area contributed by atoms with E-state index in [1.54, 1.807) is 69.4 Å². The van der Waals surface area contributed by atoms with E-state index in [0.717, 1.165) is 11.1 Å². The summed E-state index contributed by atoms with van der Waals surface area (Å²) >= 11 is 1.44. The molecule has 12 heteroatoms. The Morgan fingerprint density at radius 2 is 1.73 bits per heavy atom. The fraction of sp³-hybridized carbons (Fsp3) is 0.256. The standard InChI is InChI=1S/C39H37F2N5O4S/c1-25-18-32(44-37(43-25)51-17-16-35(27-10-6-5-7-11-27)49-23-28-12-8-9-13-30(28)40)29-20-31(41)36(47)45(22-29)21-26-14-15-34-33(19-26)42-24-46(34)38(48)50-39(2,3)4/h5-15,18-20,22,24,35H,16-17,21,23H2,1-4H3/p+1. The van der Waals surface area contributed by atoms with Gasteiger partial charge in [-0.05, 0) is 75.6 Å². The van der Waals surface area contributed by atoms with Gasteiger partial charge in [-0.15, -0.1) is 4.57 Å². The van der Waals surface area contributed by atoms with Crippen LogP contribution in [0.3, 0.4) is 0 Å². The van der Waals surface area contributed by atoms with E-state index < -0.39 is 23.1 Å². The largest absolute Gasteiger partial charge is 0.512 e. The molecule has 0 aliphatic heterocycles. The van der Waals surface area contributed by atoms with Crippen LogP contribution in [0, 0.1) is 18.6 Å². The van der Waals surface area contributed by atoms with Crippen LogP contribution in [-0.2, 0) is 22.6 Å². The van der Waals surface area contributed by atoms with Gasteiger partial charge in [-0.1, -0.05) is 66.4 Å². The number of carbonyl (C=O) groups excluding carboxylic acids is 1. The summed E-state index contributed by atoms with van der Waals surface area (Å²) in [5, 5.41) is 0.500. The molecule has 0 aliphatic rings. The number of fused-ring (bicyclic) bond motifs is 1. The van der Waals surface area contributed by atoms with Gasteiger partial charge in [-0.3, -0.25) is 4.79 Å². The van der Waals surface area contributed by atoms with Gasteiger partial charge in [0.1, 0.15) is 11.4 Å². The second kappa shape index (κ2) is 15.4. The highest BCUT2D eigenvalue weighted by Crippen LogP contribution is 2.28. The summed E-state index contributed by atoms with van der Waals surface area (Å²) in [5.74, 6) is -0.612. The number of nitrogens with zero attached hydrogens (tertiary/aromatic N) is 4. The zero-order chi connectivity index (χ0) is 36.1. The molecule has 0 radical (unpaired) electrons. The number of pyridine rings is 1. The molecule has 1 atom stereocenters. The van der Waals surface area contributed by atoms with Crippen molar-refractivity contribution >= 4 is 28.9 Å². The molecule has 9 nitrogen and oxygen atoms in total. The number of rotatable bonds is 11. The lowest BCUT2D eigenvalue weighted by molar-refractivity contribution is -0.345. The molecule has 0 saturated carbocycles. The summed E-state index contributed by atoms with van der Waals surface area (Å²) in [6, 6.07) is 24.6. The van der Waals surface area contributed by atoms with Crippen molar-refractivity contribution in [1.29, 1.82) is 0 Å². The molecule has 0 saturated heterocycles. The van der Waals surface area contributed by atoms with Crippen LogP contribution in [0.2, 0.25) is 0 Å². The number of hydrogen-bond donors (Lipinski definition) is 0. The van der Waals surface area contributed by atoms with Gasteiger partial charge in [0.25, 0.3) is 11.9 Å². The molecule has 6 rings (SSSR count). The topological polar surface area (TPSA) is 102 Å². The third-order valence-corrected chi connectivity index (χ3v) is 8.85. The first kappa shape index (κ1) is 35.6. The average Bonchev–Trinajstić information content (AvgIpc) is 3.52. The van der Waals surface area contributed by atoms with Crippen molar-refractivity contribution in [1.82, 2.24) is 19.1 Å². The van der Waals surface area contributed by atoms with Crippen molar-refractivity contribution in [2.24, 2.45) is 0 Å². The number of halogens is 2. The minimum atomic E-state index is -0.903. The van der Waals surface area contributed by atoms with Gasteiger partial charge < -0.3 is 14.0 Å². The zero-order valence-corrected chi connectivity index (χ0v) is 29.5. The van der Waals surface area contributed by atoms with Crippen LogP contribution in [0.25, 0.3) is 22.3 Å².